The van der Waals surface area contributed by atoms with Gasteiger partial charge in [0.1, 0.15) is 0 Å². The molecule has 2 amide bonds. The Bertz CT molecular complexity index is 236. The van der Waals surface area contributed by atoms with E-state index >= 15 is 0 Å². The highest BCUT2D eigenvalue weighted by Gasteiger charge is 2.12. The minimum absolute atomic E-state index is 0.0775. The van der Waals surface area contributed by atoms with Gasteiger partial charge in [0.25, 0.3) is 0 Å². The summed E-state index contributed by atoms with van der Waals surface area (Å²) in [6, 6.07) is -1.61. The SMILES string of the molecule is CSCC[C@H](NC(=O)NC[C@@H](C)O)C(=O)[O-]. The highest BCUT2D eigenvalue weighted by atomic mass is 32.2. The Morgan fingerprint density at radius 3 is 2.56 bits per heavy atom. The molecule has 0 aromatic heterocycles. The lowest BCUT2D eigenvalue weighted by Gasteiger charge is -2.19. The number of hydrogen-bond acceptors (Lipinski definition) is 5. The third-order valence-corrected chi connectivity index (χ3v) is 2.40. The maximum absolute atomic E-state index is 11.2. The van der Waals surface area contributed by atoms with Crippen molar-refractivity contribution < 1.29 is 19.8 Å². The summed E-state index contributed by atoms with van der Waals surface area (Å²) < 4.78 is 0. The van der Waals surface area contributed by atoms with Crippen molar-refractivity contribution in [3.05, 3.63) is 0 Å². The summed E-state index contributed by atoms with van der Waals surface area (Å²) in [5.41, 5.74) is 0. The zero-order chi connectivity index (χ0) is 12.6. The molecule has 0 rings (SSSR count). The van der Waals surface area contributed by atoms with Crippen molar-refractivity contribution >= 4 is 23.8 Å². The van der Waals surface area contributed by atoms with Crippen LogP contribution < -0.4 is 15.7 Å². The van der Waals surface area contributed by atoms with Crippen LogP contribution >= 0.6 is 11.8 Å². The summed E-state index contributed by atoms with van der Waals surface area (Å²) in [5.74, 6) is -0.684. The fraction of sp³-hybridized carbons (Fsp3) is 0.778. The van der Waals surface area contributed by atoms with E-state index in [0.29, 0.717) is 12.2 Å². The number of carboxylic acid groups (broad SMARTS) is 1. The van der Waals surface area contributed by atoms with Gasteiger partial charge in [-0.3, -0.25) is 0 Å². The number of aliphatic hydroxyl groups excluding tert-OH is 1. The van der Waals surface area contributed by atoms with Crippen LogP contribution in [0, 0.1) is 0 Å². The lowest BCUT2D eigenvalue weighted by molar-refractivity contribution is -0.308. The predicted molar refractivity (Wildman–Crippen MR) is 60.0 cm³/mol. The van der Waals surface area contributed by atoms with Crippen LogP contribution in [0.4, 0.5) is 4.79 Å². The van der Waals surface area contributed by atoms with Crippen LogP contribution in [-0.4, -0.2) is 47.8 Å². The molecule has 2 atom stereocenters. The molecule has 0 saturated heterocycles. The third kappa shape index (κ3) is 7.36. The number of aliphatic hydroxyl groups is 1. The Morgan fingerprint density at radius 2 is 2.12 bits per heavy atom. The van der Waals surface area contributed by atoms with E-state index in [1.807, 2.05) is 6.26 Å². The Morgan fingerprint density at radius 1 is 1.50 bits per heavy atom. The quantitative estimate of drug-likeness (QED) is 0.512. The summed E-state index contributed by atoms with van der Waals surface area (Å²) >= 11 is 1.49. The number of carbonyl (C=O) groups is 2. The van der Waals surface area contributed by atoms with Crippen molar-refractivity contribution in [2.75, 3.05) is 18.6 Å². The molecule has 0 aromatic rings. The second kappa shape index (κ2) is 8.23. The van der Waals surface area contributed by atoms with Gasteiger partial charge in [-0.05, 0) is 25.4 Å². The fourth-order valence-corrected chi connectivity index (χ4v) is 1.41. The predicted octanol–water partition coefficient (Wildman–Crippen LogP) is -1.46. The van der Waals surface area contributed by atoms with Gasteiger partial charge in [0.2, 0.25) is 0 Å². The number of urea groups is 1. The summed E-state index contributed by atoms with van der Waals surface area (Å²) in [4.78, 5) is 21.9. The van der Waals surface area contributed by atoms with E-state index in [1.165, 1.54) is 18.7 Å². The normalized spacial score (nSPS) is 13.9. The molecule has 3 N–H and O–H groups in total. The van der Waals surface area contributed by atoms with E-state index < -0.39 is 24.1 Å². The molecule has 16 heavy (non-hydrogen) atoms. The Balaban J connectivity index is 3.98. The van der Waals surface area contributed by atoms with Gasteiger partial charge in [-0.2, -0.15) is 11.8 Å². The van der Waals surface area contributed by atoms with E-state index in [-0.39, 0.29) is 6.54 Å². The fourth-order valence-electron chi connectivity index (χ4n) is 0.934. The first-order chi connectivity index (χ1) is 7.47. The standard InChI is InChI=1S/C9H18N2O4S/c1-6(12)5-10-9(15)11-7(8(13)14)3-4-16-2/h6-7,12H,3-5H2,1-2H3,(H,13,14)(H2,10,11,15)/p-1/t6-,7+/m1/s1. The van der Waals surface area contributed by atoms with Gasteiger partial charge in [-0.25, -0.2) is 4.79 Å². The first-order valence-corrected chi connectivity index (χ1v) is 6.29. The van der Waals surface area contributed by atoms with Crippen molar-refractivity contribution in [2.24, 2.45) is 0 Å². The molecule has 0 saturated carbocycles. The van der Waals surface area contributed by atoms with Gasteiger partial charge in [0.15, 0.2) is 0 Å². The summed E-state index contributed by atoms with van der Waals surface area (Å²) in [6.45, 7) is 1.60. The topological polar surface area (TPSA) is 101 Å². The minimum atomic E-state index is -1.30. The first kappa shape index (κ1) is 15.0. The maximum Gasteiger partial charge on any atom is 0.315 e. The molecule has 0 aliphatic heterocycles. The van der Waals surface area contributed by atoms with E-state index in [1.54, 1.807) is 0 Å². The number of amides is 2. The molecule has 0 radical (unpaired) electrons. The van der Waals surface area contributed by atoms with E-state index in [9.17, 15) is 14.7 Å². The second-order valence-electron chi connectivity index (χ2n) is 3.36. The molecule has 94 valence electrons. The van der Waals surface area contributed by atoms with Gasteiger partial charge in [-0.15, -0.1) is 0 Å². The Labute approximate surface area is 98.8 Å². The van der Waals surface area contributed by atoms with E-state index in [0.717, 1.165) is 0 Å². The molecule has 7 heteroatoms. The maximum atomic E-state index is 11.2. The van der Waals surface area contributed by atoms with E-state index in [4.69, 9.17) is 5.11 Å². The van der Waals surface area contributed by atoms with Crippen molar-refractivity contribution in [3.63, 3.8) is 0 Å². The molecule has 0 fully saturated rings. The van der Waals surface area contributed by atoms with Crippen LogP contribution in [0.3, 0.4) is 0 Å². The number of thioether (sulfide) groups is 1. The average molecular weight is 249 g/mol. The van der Waals surface area contributed by atoms with Gasteiger partial charge in [0.05, 0.1) is 18.1 Å². The molecule has 0 spiro atoms. The van der Waals surface area contributed by atoms with Crippen LogP contribution in [-0.2, 0) is 4.79 Å². The van der Waals surface area contributed by atoms with Crippen molar-refractivity contribution in [3.8, 4) is 0 Å². The minimum Gasteiger partial charge on any atom is -0.548 e. The first-order valence-electron chi connectivity index (χ1n) is 4.89. The molecule has 0 aromatic carbocycles. The highest BCUT2D eigenvalue weighted by molar-refractivity contribution is 7.98. The number of aliphatic carboxylic acids is 1. The van der Waals surface area contributed by atoms with Gasteiger partial charge in [0, 0.05) is 6.54 Å². The molecule has 0 aliphatic carbocycles. The molecular formula is C9H17N2O4S-. The largest absolute Gasteiger partial charge is 0.548 e. The zero-order valence-corrected chi connectivity index (χ0v) is 10.2. The van der Waals surface area contributed by atoms with Crippen LogP contribution in [0.5, 0.6) is 0 Å². The number of hydrogen-bond donors (Lipinski definition) is 3. The summed E-state index contributed by atoms with van der Waals surface area (Å²) in [7, 11) is 0. The lowest BCUT2D eigenvalue weighted by Crippen LogP contribution is -2.52. The van der Waals surface area contributed by atoms with Crippen LogP contribution in [0.15, 0.2) is 0 Å². The molecule has 0 bridgehead atoms. The van der Waals surface area contributed by atoms with Crippen molar-refractivity contribution in [1.82, 2.24) is 10.6 Å². The number of rotatable bonds is 7. The number of carboxylic acids is 1. The smallest absolute Gasteiger partial charge is 0.315 e. The van der Waals surface area contributed by atoms with Crippen LogP contribution in [0.1, 0.15) is 13.3 Å². The molecule has 0 aliphatic rings. The monoisotopic (exact) mass is 249 g/mol. The van der Waals surface area contributed by atoms with Crippen LogP contribution in [0.2, 0.25) is 0 Å². The van der Waals surface area contributed by atoms with Gasteiger partial charge < -0.3 is 25.6 Å². The molecule has 6 nitrogen and oxygen atoms in total. The number of carbonyl (C=O) groups excluding carboxylic acids is 2. The molecule has 0 unspecified atom stereocenters. The van der Waals surface area contributed by atoms with Crippen LogP contribution in [0.25, 0.3) is 0 Å². The second-order valence-corrected chi connectivity index (χ2v) is 4.34. The van der Waals surface area contributed by atoms with E-state index in [2.05, 4.69) is 10.6 Å². The summed E-state index contributed by atoms with van der Waals surface area (Å²) in [6.07, 6.45) is 1.49. The zero-order valence-electron chi connectivity index (χ0n) is 9.36. The Hall–Kier alpha value is -0.950. The number of nitrogens with one attached hydrogen (secondary N) is 2. The molecule has 0 heterocycles. The average Bonchev–Trinajstić information content (AvgIpc) is 2.20. The van der Waals surface area contributed by atoms with Gasteiger partial charge in [-0.1, -0.05) is 0 Å². The third-order valence-electron chi connectivity index (χ3n) is 1.76. The molecular weight excluding hydrogens is 232 g/mol. The summed E-state index contributed by atoms with van der Waals surface area (Å²) in [5, 5.41) is 24.2. The highest BCUT2D eigenvalue weighted by Crippen LogP contribution is 1.99. The van der Waals surface area contributed by atoms with Crippen molar-refractivity contribution in [2.45, 2.75) is 25.5 Å². The van der Waals surface area contributed by atoms with Gasteiger partial charge >= 0.3 is 6.03 Å². The Kier molecular flexibility index (Phi) is 7.74. The lowest BCUT2D eigenvalue weighted by atomic mass is 10.2. The van der Waals surface area contributed by atoms with Crippen molar-refractivity contribution in [1.29, 1.82) is 0 Å².